The van der Waals surface area contributed by atoms with E-state index >= 15 is 0 Å². The molecular formula is C10H12Br2N2. The summed E-state index contributed by atoms with van der Waals surface area (Å²) >= 11 is 6.86. The molecule has 4 heteroatoms. The van der Waals surface area contributed by atoms with Crippen LogP contribution in [-0.2, 0) is 0 Å². The van der Waals surface area contributed by atoms with Crippen molar-refractivity contribution in [3.8, 4) is 0 Å². The van der Waals surface area contributed by atoms with Crippen LogP contribution in [0.3, 0.4) is 0 Å². The van der Waals surface area contributed by atoms with Crippen molar-refractivity contribution in [1.29, 1.82) is 0 Å². The molecule has 0 saturated heterocycles. The Morgan fingerprint density at radius 2 is 2.29 bits per heavy atom. The van der Waals surface area contributed by atoms with Crippen molar-refractivity contribution in [3.05, 3.63) is 21.2 Å². The number of nitrogens with zero attached hydrogens (tertiary/aromatic N) is 1. The number of pyridine rings is 1. The van der Waals surface area contributed by atoms with Gasteiger partial charge in [0.05, 0.1) is 4.47 Å². The highest BCUT2D eigenvalue weighted by Crippen LogP contribution is 2.37. The fourth-order valence-corrected chi connectivity index (χ4v) is 2.58. The van der Waals surface area contributed by atoms with Crippen LogP contribution >= 0.6 is 31.9 Å². The van der Waals surface area contributed by atoms with Gasteiger partial charge in [0, 0.05) is 17.2 Å². The number of aromatic nitrogens is 1. The van der Waals surface area contributed by atoms with Crippen molar-refractivity contribution in [2.45, 2.75) is 13.3 Å². The van der Waals surface area contributed by atoms with Crippen LogP contribution < -0.4 is 5.32 Å². The van der Waals surface area contributed by atoms with Crippen LogP contribution in [0.15, 0.2) is 21.2 Å². The molecule has 2 atom stereocenters. The minimum Gasteiger partial charge on any atom is -0.369 e. The van der Waals surface area contributed by atoms with Crippen LogP contribution in [0.25, 0.3) is 0 Å². The molecule has 1 aromatic heterocycles. The zero-order chi connectivity index (χ0) is 10.1. The molecule has 0 bridgehead atoms. The second-order valence-electron chi connectivity index (χ2n) is 3.84. The monoisotopic (exact) mass is 318 g/mol. The normalized spacial score (nSPS) is 24.8. The van der Waals surface area contributed by atoms with Gasteiger partial charge in [-0.05, 0) is 56.2 Å². The van der Waals surface area contributed by atoms with E-state index in [0.29, 0.717) is 0 Å². The highest BCUT2D eigenvalue weighted by molar-refractivity contribution is 9.11. The summed E-state index contributed by atoms with van der Waals surface area (Å²) in [4.78, 5) is 4.30. The molecular weight excluding hydrogens is 308 g/mol. The average Bonchev–Trinajstić information content (AvgIpc) is 2.80. The maximum absolute atomic E-state index is 4.30. The lowest BCUT2D eigenvalue weighted by Gasteiger charge is -2.06. The molecule has 0 amide bonds. The fourth-order valence-electron chi connectivity index (χ4n) is 1.46. The Balaban J connectivity index is 1.95. The second kappa shape index (κ2) is 4.19. The van der Waals surface area contributed by atoms with Gasteiger partial charge in [0.1, 0.15) is 5.82 Å². The van der Waals surface area contributed by atoms with E-state index in [0.717, 1.165) is 33.1 Å². The molecule has 0 aromatic carbocycles. The lowest BCUT2D eigenvalue weighted by Crippen LogP contribution is -2.06. The first-order valence-corrected chi connectivity index (χ1v) is 6.30. The van der Waals surface area contributed by atoms with Gasteiger partial charge in [-0.1, -0.05) is 6.92 Å². The predicted molar refractivity (Wildman–Crippen MR) is 65.4 cm³/mol. The molecule has 1 heterocycles. The highest BCUT2D eigenvalue weighted by Gasteiger charge is 2.32. The molecule has 1 aromatic rings. The number of halogens is 2. The molecule has 76 valence electrons. The summed E-state index contributed by atoms with van der Waals surface area (Å²) < 4.78 is 2.01. The zero-order valence-electron chi connectivity index (χ0n) is 7.93. The Kier molecular flexibility index (Phi) is 3.12. The predicted octanol–water partition coefficient (Wildman–Crippen LogP) is 3.67. The summed E-state index contributed by atoms with van der Waals surface area (Å²) in [6.45, 7) is 3.32. The van der Waals surface area contributed by atoms with Crippen LogP contribution in [0, 0.1) is 11.8 Å². The smallest absolute Gasteiger partial charge is 0.140 e. The molecule has 0 spiro atoms. The van der Waals surface area contributed by atoms with E-state index in [1.165, 1.54) is 6.42 Å². The summed E-state index contributed by atoms with van der Waals surface area (Å²) in [6.07, 6.45) is 3.16. The third-order valence-electron chi connectivity index (χ3n) is 2.62. The highest BCUT2D eigenvalue weighted by atomic mass is 79.9. The molecule has 1 N–H and O–H groups in total. The first kappa shape index (κ1) is 10.4. The zero-order valence-corrected chi connectivity index (χ0v) is 11.1. The maximum atomic E-state index is 4.30. The minimum absolute atomic E-state index is 0.840. The number of rotatable bonds is 3. The molecule has 0 radical (unpaired) electrons. The Morgan fingerprint density at radius 1 is 1.57 bits per heavy atom. The quantitative estimate of drug-likeness (QED) is 0.919. The first-order chi connectivity index (χ1) is 6.66. The lowest BCUT2D eigenvalue weighted by atomic mass is 10.3. The Bertz CT molecular complexity index is 341. The molecule has 14 heavy (non-hydrogen) atoms. The molecule has 1 fully saturated rings. The largest absolute Gasteiger partial charge is 0.369 e. The van der Waals surface area contributed by atoms with Crippen LogP contribution in [0.1, 0.15) is 13.3 Å². The van der Waals surface area contributed by atoms with Crippen LogP contribution in [0.2, 0.25) is 0 Å². The van der Waals surface area contributed by atoms with Gasteiger partial charge in [-0.3, -0.25) is 0 Å². The lowest BCUT2D eigenvalue weighted by molar-refractivity contribution is 0.784. The summed E-state index contributed by atoms with van der Waals surface area (Å²) in [5.74, 6) is 2.66. The van der Waals surface area contributed by atoms with E-state index < -0.39 is 0 Å². The van der Waals surface area contributed by atoms with E-state index in [1.807, 2.05) is 12.3 Å². The summed E-state index contributed by atoms with van der Waals surface area (Å²) in [6, 6.07) is 2.01. The van der Waals surface area contributed by atoms with Gasteiger partial charge in [-0.2, -0.15) is 0 Å². The molecule has 2 nitrogen and oxygen atoms in total. The topological polar surface area (TPSA) is 24.9 Å². The molecule has 1 aliphatic rings. The maximum Gasteiger partial charge on any atom is 0.140 e. The standard InChI is InChI=1S/C10H12Br2N2/c1-6-2-7(6)4-13-10-9(12)3-8(11)5-14-10/h3,5-7H,2,4H2,1H3,(H,13,14). The fraction of sp³-hybridized carbons (Fsp3) is 0.500. The summed E-state index contributed by atoms with van der Waals surface area (Å²) in [7, 11) is 0. The van der Waals surface area contributed by atoms with Crippen LogP contribution in [-0.4, -0.2) is 11.5 Å². The number of hydrogen-bond donors (Lipinski definition) is 1. The van der Waals surface area contributed by atoms with Gasteiger partial charge in [-0.25, -0.2) is 4.98 Å². The first-order valence-electron chi connectivity index (χ1n) is 4.71. The Morgan fingerprint density at radius 3 is 2.86 bits per heavy atom. The van der Waals surface area contributed by atoms with Gasteiger partial charge < -0.3 is 5.32 Å². The van der Waals surface area contributed by atoms with E-state index in [-0.39, 0.29) is 0 Å². The molecule has 2 unspecified atom stereocenters. The number of anilines is 1. The van der Waals surface area contributed by atoms with E-state index in [9.17, 15) is 0 Å². The van der Waals surface area contributed by atoms with Crippen LogP contribution in [0.5, 0.6) is 0 Å². The molecule has 0 aliphatic heterocycles. The van der Waals surface area contributed by atoms with Gasteiger partial charge in [0.2, 0.25) is 0 Å². The SMILES string of the molecule is CC1CC1CNc1ncc(Br)cc1Br. The Hall–Kier alpha value is -0.0900. The van der Waals surface area contributed by atoms with Gasteiger partial charge in [-0.15, -0.1) is 0 Å². The van der Waals surface area contributed by atoms with Gasteiger partial charge in [0.25, 0.3) is 0 Å². The van der Waals surface area contributed by atoms with E-state index in [2.05, 4.69) is 49.1 Å². The summed E-state index contributed by atoms with van der Waals surface area (Å²) in [5.41, 5.74) is 0. The van der Waals surface area contributed by atoms with E-state index in [1.54, 1.807) is 0 Å². The van der Waals surface area contributed by atoms with Crippen molar-refractivity contribution >= 4 is 37.7 Å². The van der Waals surface area contributed by atoms with Crippen molar-refractivity contribution in [1.82, 2.24) is 4.98 Å². The third kappa shape index (κ3) is 2.48. The second-order valence-corrected chi connectivity index (χ2v) is 5.61. The minimum atomic E-state index is 0.840. The number of hydrogen-bond acceptors (Lipinski definition) is 2. The molecule has 1 saturated carbocycles. The van der Waals surface area contributed by atoms with Gasteiger partial charge in [0.15, 0.2) is 0 Å². The summed E-state index contributed by atoms with van der Waals surface area (Å²) in [5, 5.41) is 3.35. The van der Waals surface area contributed by atoms with Crippen molar-refractivity contribution in [2.24, 2.45) is 11.8 Å². The third-order valence-corrected chi connectivity index (χ3v) is 3.65. The van der Waals surface area contributed by atoms with Crippen molar-refractivity contribution in [2.75, 3.05) is 11.9 Å². The number of nitrogens with one attached hydrogen (secondary N) is 1. The van der Waals surface area contributed by atoms with Crippen molar-refractivity contribution in [3.63, 3.8) is 0 Å². The molecule has 2 rings (SSSR count). The average molecular weight is 320 g/mol. The van der Waals surface area contributed by atoms with Crippen LogP contribution in [0.4, 0.5) is 5.82 Å². The molecule has 1 aliphatic carbocycles. The van der Waals surface area contributed by atoms with Gasteiger partial charge >= 0.3 is 0 Å². The van der Waals surface area contributed by atoms with E-state index in [4.69, 9.17) is 0 Å². The Labute approximate surface area is 101 Å². The van der Waals surface area contributed by atoms with Crippen molar-refractivity contribution < 1.29 is 0 Å².